The van der Waals surface area contributed by atoms with Gasteiger partial charge in [0, 0.05) is 13.1 Å². The van der Waals surface area contributed by atoms with E-state index in [1.807, 2.05) is 31.3 Å². The zero-order chi connectivity index (χ0) is 13.0. The Hall–Kier alpha value is -1.37. The van der Waals surface area contributed by atoms with Gasteiger partial charge in [-0.15, -0.1) is 0 Å². The van der Waals surface area contributed by atoms with Gasteiger partial charge in [0.15, 0.2) is 0 Å². The van der Waals surface area contributed by atoms with Gasteiger partial charge in [-0.1, -0.05) is 25.0 Å². The predicted molar refractivity (Wildman–Crippen MR) is 70.9 cm³/mol. The van der Waals surface area contributed by atoms with Crippen molar-refractivity contribution in [2.75, 3.05) is 13.6 Å². The molecule has 0 bridgehead atoms. The fourth-order valence-corrected chi connectivity index (χ4v) is 2.80. The van der Waals surface area contributed by atoms with Crippen LogP contribution in [0.2, 0.25) is 0 Å². The van der Waals surface area contributed by atoms with Crippen molar-refractivity contribution in [2.24, 2.45) is 0 Å². The lowest BCUT2D eigenvalue weighted by Crippen LogP contribution is -2.38. The summed E-state index contributed by atoms with van der Waals surface area (Å²) in [4.78, 5) is 2.14. The van der Waals surface area contributed by atoms with Crippen LogP contribution in [-0.2, 0) is 6.54 Å². The van der Waals surface area contributed by atoms with Crippen molar-refractivity contribution in [2.45, 2.75) is 37.8 Å². The second-order valence-electron chi connectivity index (χ2n) is 5.42. The first-order valence-corrected chi connectivity index (χ1v) is 6.51. The molecule has 18 heavy (non-hydrogen) atoms. The highest BCUT2D eigenvalue weighted by molar-refractivity contribution is 5.32. The van der Waals surface area contributed by atoms with Gasteiger partial charge in [-0.05, 0) is 37.6 Å². The number of benzene rings is 1. The lowest BCUT2D eigenvalue weighted by atomic mass is 10.0. The van der Waals surface area contributed by atoms with E-state index in [4.69, 9.17) is 5.26 Å². The minimum absolute atomic E-state index is 0.498. The van der Waals surface area contributed by atoms with Crippen LogP contribution in [0.15, 0.2) is 24.3 Å². The summed E-state index contributed by atoms with van der Waals surface area (Å²) in [7, 11) is 2.02. The Morgan fingerprint density at radius 3 is 2.78 bits per heavy atom. The van der Waals surface area contributed by atoms with Crippen molar-refractivity contribution in [1.29, 1.82) is 5.26 Å². The van der Waals surface area contributed by atoms with Crippen LogP contribution >= 0.6 is 0 Å². The molecular weight excluding hydrogens is 224 g/mol. The van der Waals surface area contributed by atoms with Gasteiger partial charge in [0.2, 0.25) is 0 Å². The zero-order valence-electron chi connectivity index (χ0n) is 10.9. The smallest absolute Gasteiger partial charge is 0.0991 e. The molecule has 0 heterocycles. The Morgan fingerprint density at radius 2 is 2.11 bits per heavy atom. The zero-order valence-corrected chi connectivity index (χ0v) is 10.9. The largest absolute Gasteiger partial charge is 0.389 e. The standard InChI is InChI=1S/C15H20N2O/c1-17(12-15(18)7-2-3-8-15)11-14-6-4-5-13(9-14)10-16/h4-6,9,18H,2-3,7-8,11-12H2,1H3. The molecule has 0 atom stereocenters. The summed E-state index contributed by atoms with van der Waals surface area (Å²) in [6, 6.07) is 9.81. The topological polar surface area (TPSA) is 47.3 Å². The number of nitrogens with zero attached hydrogens (tertiary/aromatic N) is 2. The Morgan fingerprint density at radius 1 is 1.39 bits per heavy atom. The van der Waals surface area contributed by atoms with E-state index >= 15 is 0 Å². The Kier molecular flexibility index (Phi) is 4.00. The molecule has 1 aliphatic carbocycles. The molecule has 1 fully saturated rings. The summed E-state index contributed by atoms with van der Waals surface area (Å²) in [5, 5.41) is 19.2. The average molecular weight is 244 g/mol. The monoisotopic (exact) mass is 244 g/mol. The molecule has 0 aromatic heterocycles. The summed E-state index contributed by atoms with van der Waals surface area (Å²) < 4.78 is 0. The van der Waals surface area contributed by atoms with E-state index in [0.717, 1.165) is 37.8 Å². The van der Waals surface area contributed by atoms with Gasteiger partial charge in [0.25, 0.3) is 0 Å². The number of aliphatic hydroxyl groups is 1. The van der Waals surface area contributed by atoms with E-state index in [0.29, 0.717) is 12.1 Å². The Labute approximate surface area is 109 Å². The second-order valence-corrected chi connectivity index (χ2v) is 5.42. The number of nitriles is 1. The number of likely N-dealkylation sites (N-methyl/N-ethyl adjacent to an activating group) is 1. The quantitative estimate of drug-likeness (QED) is 0.884. The van der Waals surface area contributed by atoms with E-state index in [1.54, 1.807) is 0 Å². The fourth-order valence-electron chi connectivity index (χ4n) is 2.80. The van der Waals surface area contributed by atoms with Crippen LogP contribution < -0.4 is 0 Å². The molecule has 0 spiro atoms. The molecule has 0 amide bonds. The molecule has 1 saturated carbocycles. The van der Waals surface area contributed by atoms with Gasteiger partial charge in [-0.25, -0.2) is 0 Å². The highest BCUT2D eigenvalue weighted by Gasteiger charge is 2.31. The van der Waals surface area contributed by atoms with Crippen molar-refractivity contribution in [3.8, 4) is 6.07 Å². The van der Waals surface area contributed by atoms with Crippen molar-refractivity contribution >= 4 is 0 Å². The molecule has 1 N–H and O–H groups in total. The van der Waals surface area contributed by atoms with Crippen molar-refractivity contribution in [1.82, 2.24) is 4.90 Å². The third-order valence-corrected chi connectivity index (χ3v) is 3.61. The van der Waals surface area contributed by atoms with E-state index in [9.17, 15) is 5.11 Å². The summed E-state index contributed by atoms with van der Waals surface area (Å²) in [5.74, 6) is 0. The molecule has 0 radical (unpaired) electrons. The highest BCUT2D eigenvalue weighted by atomic mass is 16.3. The number of rotatable bonds is 4. The Bertz CT molecular complexity index is 444. The predicted octanol–water partition coefficient (Wildman–Crippen LogP) is 2.30. The first kappa shape index (κ1) is 13.1. The second kappa shape index (κ2) is 5.51. The number of hydrogen-bond donors (Lipinski definition) is 1. The average Bonchev–Trinajstić information content (AvgIpc) is 2.75. The van der Waals surface area contributed by atoms with Crippen LogP contribution in [0.4, 0.5) is 0 Å². The lowest BCUT2D eigenvalue weighted by molar-refractivity contribution is 0.0145. The number of hydrogen-bond acceptors (Lipinski definition) is 3. The molecule has 3 nitrogen and oxygen atoms in total. The van der Waals surface area contributed by atoms with E-state index in [1.165, 1.54) is 0 Å². The maximum absolute atomic E-state index is 10.3. The summed E-state index contributed by atoms with van der Waals surface area (Å²) in [5.41, 5.74) is 1.32. The first-order valence-electron chi connectivity index (χ1n) is 6.51. The van der Waals surface area contributed by atoms with Gasteiger partial charge in [-0.2, -0.15) is 5.26 Å². The van der Waals surface area contributed by atoms with E-state index in [-0.39, 0.29) is 0 Å². The van der Waals surface area contributed by atoms with Crippen LogP contribution in [0.3, 0.4) is 0 Å². The molecule has 3 heteroatoms. The van der Waals surface area contributed by atoms with Gasteiger partial charge in [0.05, 0.1) is 17.2 Å². The first-order chi connectivity index (χ1) is 8.61. The molecule has 96 valence electrons. The van der Waals surface area contributed by atoms with Crippen LogP contribution in [-0.4, -0.2) is 29.2 Å². The minimum Gasteiger partial charge on any atom is -0.389 e. The molecule has 0 saturated heterocycles. The molecule has 1 aliphatic rings. The van der Waals surface area contributed by atoms with Gasteiger partial charge in [0.1, 0.15) is 0 Å². The minimum atomic E-state index is -0.498. The van der Waals surface area contributed by atoms with Crippen LogP contribution in [0, 0.1) is 11.3 Å². The molecule has 0 aliphatic heterocycles. The van der Waals surface area contributed by atoms with Crippen molar-refractivity contribution < 1.29 is 5.11 Å². The molecule has 1 aromatic carbocycles. The van der Waals surface area contributed by atoms with Gasteiger partial charge >= 0.3 is 0 Å². The van der Waals surface area contributed by atoms with E-state index in [2.05, 4.69) is 11.0 Å². The summed E-state index contributed by atoms with van der Waals surface area (Å²) in [6.45, 7) is 1.49. The maximum atomic E-state index is 10.3. The third-order valence-electron chi connectivity index (χ3n) is 3.61. The lowest BCUT2D eigenvalue weighted by Gasteiger charge is -2.28. The normalized spacial score (nSPS) is 17.9. The summed E-state index contributed by atoms with van der Waals surface area (Å²) >= 11 is 0. The maximum Gasteiger partial charge on any atom is 0.0991 e. The van der Waals surface area contributed by atoms with Crippen LogP contribution in [0.5, 0.6) is 0 Å². The van der Waals surface area contributed by atoms with Gasteiger partial charge in [-0.3, -0.25) is 4.90 Å². The van der Waals surface area contributed by atoms with Crippen molar-refractivity contribution in [3.63, 3.8) is 0 Å². The SMILES string of the molecule is CN(Cc1cccc(C#N)c1)CC1(O)CCCC1. The van der Waals surface area contributed by atoms with Crippen molar-refractivity contribution in [3.05, 3.63) is 35.4 Å². The fraction of sp³-hybridized carbons (Fsp3) is 0.533. The third kappa shape index (κ3) is 3.32. The van der Waals surface area contributed by atoms with Crippen LogP contribution in [0.25, 0.3) is 0 Å². The Balaban J connectivity index is 1.94. The van der Waals surface area contributed by atoms with E-state index < -0.39 is 5.60 Å². The molecule has 1 aromatic rings. The molecule has 0 unspecified atom stereocenters. The molecule has 2 rings (SSSR count). The molecular formula is C15H20N2O. The summed E-state index contributed by atoms with van der Waals surface area (Å²) in [6.07, 6.45) is 4.09. The van der Waals surface area contributed by atoms with Crippen LogP contribution in [0.1, 0.15) is 36.8 Å². The highest BCUT2D eigenvalue weighted by Crippen LogP contribution is 2.30. The van der Waals surface area contributed by atoms with Gasteiger partial charge < -0.3 is 5.11 Å².